The van der Waals surface area contributed by atoms with Gasteiger partial charge < -0.3 is 10.2 Å². The number of nitrogens with one attached hydrogen (secondary N) is 1. The highest BCUT2D eigenvalue weighted by atomic mass is 19.1. The van der Waals surface area contributed by atoms with E-state index in [1.807, 2.05) is 0 Å². The second-order valence-corrected chi connectivity index (χ2v) is 5.09. The van der Waals surface area contributed by atoms with Gasteiger partial charge in [0.15, 0.2) is 0 Å². The third-order valence-corrected chi connectivity index (χ3v) is 3.46. The van der Waals surface area contributed by atoms with E-state index in [9.17, 15) is 14.0 Å². The second kappa shape index (κ2) is 4.60. The maximum atomic E-state index is 13.1. The minimum absolute atomic E-state index is 0.0264. The lowest BCUT2D eigenvalue weighted by atomic mass is 10.1. The van der Waals surface area contributed by atoms with E-state index >= 15 is 0 Å². The van der Waals surface area contributed by atoms with Crippen LogP contribution in [0.2, 0.25) is 0 Å². The fraction of sp³-hybridized carbons (Fsp3) is 0.462. The van der Waals surface area contributed by atoms with Crippen molar-refractivity contribution in [2.45, 2.75) is 25.4 Å². The van der Waals surface area contributed by atoms with Gasteiger partial charge in [0.2, 0.25) is 11.8 Å². The third kappa shape index (κ3) is 2.57. The van der Waals surface area contributed by atoms with Crippen LogP contribution in [-0.4, -0.2) is 34.3 Å². The fourth-order valence-electron chi connectivity index (χ4n) is 2.37. The number of rotatable bonds is 3. The van der Waals surface area contributed by atoms with Gasteiger partial charge in [-0.3, -0.25) is 14.6 Å². The summed E-state index contributed by atoms with van der Waals surface area (Å²) in [6.07, 6.45) is 4.58. The highest BCUT2D eigenvalue weighted by Gasteiger charge is 2.42. The van der Waals surface area contributed by atoms with Gasteiger partial charge in [-0.25, -0.2) is 4.39 Å². The molecule has 1 aliphatic heterocycles. The monoisotopic (exact) mass is 263 g/mol. The van der Waals surface area contributed by atoms with Gasteiger partial charge in [0, 0.05) is 12.7 Å². The van der Waals surface area contributed by atoms with Crippen molar-refractivity contribution in [2.24, 2.45) is 5.92 Å². The Morgan fingerprint density at radius 2 is 2.16 bits per heavy atom. The molecule has 1 saturated carbocycles. The first-order chi connectivity index (χ1) is 9.13. The number of piperazine rings is 1. The molecule has 5 nitrogen and oxygen atoms in total. The molecule has 1 saturated heterocycles. The number of hydrogen-bond acceptors (Lipinski definition) is 3. The average Bonchev–Trinajstić information content (AvgIpc) is 3.17. The minimum atomic E-state index is -0.440. The molecule has 19 heavy (non-hydrogen) atoms. The molecule has 1 atom stereocenters. The van der Waals surface area contributed by atoms with Crippen LogP contribution >= 0.6 is 0 Å². The molecule has 0 bridgehead atoms. The van der Waals surface area contributed by atoms with E-state index in [1.54, 1.807) is 0 Å². The zero-order valence-corrected chi connectivity index (χ0v) is 10.3. The molecule has 1 aliphatic carbocycles. The summed E-state index contributed by atoms with van der Waals surface area (Å²) in [5.74, 6) is -0.401. The molecule has 6 heteroatoms. The number of nitrogens with zero attached hydrogens (tertiary/aromatic N) is 2. The summed E-state index contributed by atoms with van der Waals surface area (Å²) in [5, 5.41) is 2.74. The average molecular weight is 263 g/mol. The zero-order chi connectivity index (χ0) is 13.4. The molecule has 1 N–H and O–H groups in total. The highest BCUT2D eigenvalue weighted by Crippen LogP contribution is 2.34. The lowest BCUT2D eigenvalue weighted by Gasteiger charge is -2.32. The van der Waals surface area contributed by atoms with E-state index in [4.69, 9.17) is 0 Å². The molecule has 2 amide bonds. The first-order valence-corrected chi connectivity index (χ1v) is 6.31. The highest BCUT2D eigenvalue weighted by molar-refractivity contribution is 5.95. The van der Waals surface area contributed by atoms with Crippen molar-refractivity contribution in [3.05, 3.63) is 29.8 Å². The number of halogens is 1. The summed E-state index contributed by atoms with van der Waals surface area (Å²) < 4.78 is 13.1. The van der Waals surface area contributed by atoms with Crippen LogP contribution in [0.5, 0.6) is 0 Å². The molecule has 1 aromatic heterocycles. The molecule has 2 fully saturated rings. The van der Waals surface area contributed by atoms with Gasteiger partial charge >= 0.3 is 0 Å². The molecular formula is C13H14FN3O2. The van der Waals surface area contributed by atoms with Gasteiger partial charge in [-0.15, -0.1) is 0 Å². The Morgan fingerprint density at radius 3 is 2.84 bits per heavy atom. The molecule has 0 spiro atoms. The van der Waals surface area contributed by atoms with E-state index in [0.717, 1.165) is 19.0 Å². The summed E-state index contributed by atoms with van der Waals surface area (Å²) in [4.78, 5) is 29.1. The van der Waals surface area contributed by atoms with Crippen LogP contribution in [0.25, 0.3) is 0 Å². The van der Waals surface area contributed by atoms with Crippen molar-refractivity contribution >= 4 is 11.8 Å². The molecule has 2 heterocycles. The van der Waals surface area contributed by atoms with Gasteiger partial charge in [-0.2, -0.15) is 0 Å². The quantitative estimate of drug-likeness (QED) is 0.861. The smallest absolute Gasteiger partial charge is 0.246 e. The number of hydrogen-bond donors (Lipinski definition) is 1. The normalized spacial score (nSPS) is 23.4. The van der Waals surface area contributed by atoms with E-state index in [2.05, 4.69) is 10.3 Å². The van der Waals surface area contributed by atoms with E-state index < -0.39 is 11.9 Å². The van der Waals surface area contributed by atoms with E-state index in [1.165, 1.54) is 17.2 Å². The van der Waals surface area contributed by atoms with Gasteiger partial charge in [0.1, 0.15) is 11.9 Å². The maximum absolute atomic E-state index is 13.1. The standard InChI is InChI=1S/C13H14FN3O2/c14-10-3-8(4-15-5-10)6-17-7-11(18)16-12(13(17)19)9-1-2-9/h3-5,9,12H,1-2,6-7H2,(H,16,18). The Kier molecular flexibility index (Phi) is 2.93. The lowest BCUT2D eigenvalue weighted by Crippen LogP contribution is -2.58. The first-order valence-electron chi connectivity index (χ1n) is 6.31. The van der Waals surface area contributed by atoms with Gasteiger partial charge in [-0.1, -0.05) is 0 Å². The third-order valence-electron chi connectivity index (χ3n) is 3.46. The molecule has 1 aromatic rings. The predicted octanol–water partition coefficient (Wildman–Crippen LogP) is 0.458. The summed E-state index contributed by atoms with van der Waals surface area (Å²) in [6.45, 7) is 0.249. The zero-order valence-electron chi connectivity index (χ0n) is 10.3. The summed E-state index contributed by atoms with van der Waals surface area (Å²) in [7, 11) is 0. The Labute approximate surface area is 109 Å². The summed E-state index contributed by atoms with van der Waals surface area (Å²) in [5.41, 5.74) is 0.595. The van der Waals surface area contributed by atoms with E-state index in [0.29, 0.717) is 5.56 Å². The van der Waals surface area contributed by atoms with Crippen molar-refractivity contribution in [2.75, 3.05) is 6.54 Å². The summed E-state index contributed by atoms with van der Waals surface area (Å²) in [6, 6.07) is 0.932. The van der Waals surface area contributed by atoms with Crippen molar-refractivity contribution in [3.8, 4) is 0 Å². The Hall–Kier alpha value is -1.98. The first kappa shape index (κ1) is 12.1. The number of carbonyl (C=O) groups is 2. The van der Waals surface area contributed by atoms with Crippen LogP contribution in [0.3, 0.4) is 0 Å². The Morgan fingerprint density at radius 1 is 1.37 bits per heavy atom. The number of aromatic nitrogens is 1. The van der Waals surface area contributed by atoms with E-state index in [-0.39, 0.29) is 30.8 Å². The van der Waals surface area contributed by atoms with Gasteiger partial charge in [0.05, 0.1) is 12.7 Å². The van der Waals surface area contributed by atoms with Crippen molar-refractivity contribution in [1.82, 2.24) is 15.2 Å². The van der Waals surface area contributed by atoms with Gasteiger partial charge in [-0.05, 0) is 30.4 Å². The van der Waals surface area contributed by atoms with Crippen LogP contribution in [0, 0.1) is 11.7 Å². The Balaban J connectivity index is 1.75. The Bertz CT molecular complexity index is 530. The fourth-order valence-corrected chi connectivity index (χ4v) is 2.37. The van der Waals surface area contributed by atoms with Crippen molar-refractivity contribution < 1.29 is 14.0 Å². The van der Waals surface area contributed by atoms with Crippen LogP contribution in [0.1, 0.15) is 18.4 Å². The summed E-state index contributed by atoms with van der Waals surface area (Å²) >= 11 is 0. The van der Waals surface area contributed by atoms with Crippen molar-refractivity contribution in [3.63, 3.8) is 0 Å². The number of carbonyl (C=O) groups excluding carboxylic acids is 2. The second-order valence-electron chi connectivity index (χ2n) is 5.09. The van der Waals surface area contributed by atoms with Crippen molar-refractivity contribution in [1.29, 1.82) is 0 Å². The molecule has 2 aliphatic rings. The lowest BCUT2D eigenvalue weighted by molar-refractivity contribution is -0.145. The van der Waals surface area contributed by atoms with Crippen LogP contribution in [-0.2, 0) is 16.1 Å². The largest absolute Gasteiger partial charge is 0.342 e. The molecule has 100 valence electrons. The maximum Gasteiger partial charge on any atom is 0.246 e. The van der Waals surface area contributed by atoms with Crippen LogP contribution in [0.15, 0.2) is 18.5 Å². The molecule has 3 rings (SSSR count). The van der Waals surface area contributed by atoms with Gasteiger partial charge in [0.25, 0.3) is 0 Å². The van der Waals surface area contributed by atoms with Crippen LogP contribution in [0.4, 0.5) is 4.39 Å². The number of amides is 2. The molecule has 0 aromatic carbocycles. The SMILES string of the molecule is O=C1CN(Cc2cncc(F)c2)C(=O)C(C2CC2)N1. The number of pyridine rings is 1. The topological polar surface area (TPSA) is 62.3 Å². The minimum Gasteiger partial charge on any atom is -0.342 e. The predicted molar refractivity (Wildman–Crippen MR) is 64.3 cm³/mol. The molecule has 0 radical (unpaired) electrons. The van der Waals surface area contributed by atoms with Crippen LogP contribution < -0.4 is 5.32 Å². The molecular weight excluding hydrogens is 249 g/mol. The molecule has 1 unspecified atom stereocenters.